The molecule has 0 aromatic heterocycles. The van der Waals surface area contributed by atoms with Gasteiger partial charge < -0.3 is 23.7 Å². The summed E-state index contributed by atoms with van der Waals surface area (Å²) in [6.45, 7) is 1.74. The van der Waals surface area contributed by atoms with Crippen molar-refractivity contribution in [3.05, 3.63) is 108 Å². The Bertz CT molecular complexity index is 903. The third kappa shape index (κ3) is 6.25. The number of hydrogen-bond acceptors (Lipinski definition) is 5. The van der Waals surface area contributed by atoms with Crippen LogP contribution in [0.4, 0.5) is 0 Å². The minimum atomic E-state index is -0.531. The molecule has 3 aromatic carbocycles. The lowest BCUT2D eigenvalue weighted by atomic mass is 10.0. The van der Waals surface area contributed by atoms with Gasteiger partial charge in [-0.25, -0.2) is 0 Å². The largest absolute Gasteiger partial charge is 0.368 e. The quantitative estimate of drug-likeness (QED) is 0.461. The average molecular weight is 435 g/mol. The first kappa shape index (κ1) is 22.6. The molecular formula is C27H30O5. The molecular weight excluding hydrogens is 404 g/mol. The van der Waals surface area contributed by atoms with Crippen LogP contribution in [0.25, 0.3) is 0 Å². The minimum absolute atomic E-state index is 0.286. The maximum absolute atomic E-state index is 6.39. The molecule has 1 saturated heterocycles. The highest BCUT2D eigenvalue weighted by molar-refractivity contribution is 5.15. The van der Waals surface area contributed by atoms with E-state index in [-0.39, 0.29) is 12.2 Å². The van der Waals surface area contributed by atoms with E-state index < -0.39 is 12.4 Å². The Morgan fingerprint density at radius 1 is 0.625 bits per heavy atom. The van der Waals surface area contributed by atoms with Crippen LogP contribution in [0, 0.1) is 0 Å². The maximum Gasteiger partial charge on any atom is 0.186 e. The molecule has 168 valence electrons. The van der Waals surface area contributed by atoms with E-state index in [0.717, 1.165) is 16.7 Å². The van der Waals surface area contributed by atoms with Gasteiger partial charge in [0.15, 0.2) is 6.29 Å². The van der Waals surface area contributed by atoms with Gasteiger partial charge in [-0.05, 0) is 16.7 Å². The minimum Gasteiger partial charge on any atom is -0.368 e. The van der Waals surface area contributed by atoms with E-state index in [1.807, 2.05) is 91.0 Å². The van der Waals surface area contributed by atoms with Crippen LogP contribution in [-0.2, 0) is 43.5 Å². The molecule has 1 fully saturated rings. The van der Waals surface area contributed by atoms with Crippen LogP contribution in [0.5, 0.6) is 0 Å². The zero-order valence-electron chi connectivity index (χ0n) is 18.3. The topological polar surface area (TPSA) is 46.2 Å². The Morgan fingerprint density at radius 3 is 1.53 bits per heavy atom. The van der Waals surface area contributed by atoms with Crippen molar-refractivity contribution in [2.24, 2.45) is 0 Å². The predicted molar refractivity (Wildman–Crippen MR) is 122 cm³/mol. The average Bonchev–Trinajstić information content (AvgIpc) is 2.87. The van der Waals surface area contributed by atoms with Crippen molar-refractivity contribution in [1.82, 2.24) is 0 Å². The zero-order chi connectivity index (χ0) is 22.0. The Balaban J connectivity index is 1.49. The summed E-state index contributed by atoms with van der Waals surface area (Å²) in [6, 6.07) is 30.3. The Kier molecular flexibility index (Phi) is 8.42. The Morgan fingerprint density at radius 2 is 1.06 bits per heavy atom. The molecule has 1 aliphatic rings. The van der Waals surface area contributed by atoms with E-state index in [9.17, 15) is 0 Å². The molecule has 5 heteroatoms. The van der Waals surface area contributed by atoms with E-state index >= 15 is 0 Å². The number of ether oxygens (including phenoxy) is 5. The SMILES string of the molecule is CO[C@@H]1OCC(OCc2ccccc2)[C@H](OCc2ccccc2)[C@H]1OCc1ccccc1. The molecule has 0 aliphatic carbocycles. The summed E-state index contributed by atoms with van der Waals surface area (Å²) in [7, 11) is 1.63. The van der Waals surface area contributed by atoms with Crippen molar-refractivity contribution < 1.29 is 23.7 Å². The molecule has 1 aliphatic heterocycles. The van der Waals surface area contributed by atoms with E-state index in [1.165, 1.54) is 0 Å². The van der Waals surface area contributed by atoms with E-state index in [2.05, 4.69) is 0 Å². The standard InChI is InChI=1S/C27H30O5/c1-28-27-26(31-19-23-15-9-4-10-16-23)25(30-18-22-13-7-3-8-14-22)24(20-32-27)29-17-21-11-5-2-6-12-21/h2-16,24-27H,17-20H2,1H3/t24?,25-,26+,27+/m0/s1. The molecule has 0 amide bonds. The van der Waals surface area contributed by atoms with Crippen LogP contribution in [0.15, 0.2) is 91.0 Å². The normalized spacial score (nSPS) is 23.2. The van der Waals surface area contributed by atoms with Gasteiger partial charge in [0.25, 0.3) is 0 Å². The number of hydrogen-bond donors (Lipinski definition) is 0. The molecule has 0 bridgehead atoms. The van der Waals surface area contributed by atoms with Crippen molar-refractivity contribution in [2.45, 2.75) is 44.4 Å². The second kappa shape index (κ2) is 11.9. The highest BCUT2D eigenvalue weighted by Gasteiger charge is 2.43. The monoisotopic (exact) mass is 434 g/mol. The van der Waals surface area contributed by atoms with Crippen molar-refractivity contribution in [3.63, 3.8) is 0 Å². The fourth-order valence-electron chi connectivity index (χ4n) is 3.78. The molecule has 4 rings (SSSR count). The lowest BCUT2D eigenvalue weighted by molar-refractivity contribution is -0.293. The second-order valence-electron chi connectivity index (χ2n) is 7.79. The first-order valence-corrected chi connectivity index (χ1v) is 10.9. The summed E-state index contributed by atoms with van der Waals surface area (Å²) in [4.78, 5) is 0. The summed E-state index contributed by atoms with van der Waals surface area (Å²) in [6.07, 6.45) is -1.60. The van der Waals surface area contributed by atoms with Gasteiger partial charge in [0.1, 0.15) is 18.3 Å². The number of rotatable bonds is 10. The molecule has 0 radical (unpaired) electrons. The van der Waals surface area contributed by atoms with Gasteiger partial charge >= 0.3 is 0 Å². The summed E-state index contributed by atoms with van der Waals surface area (Å²) in [5.74, 6) is 0. The summed E-state index contributed by atoms with van der Waals surface area (Å²) >= 11 is 0. The lowest BCUT2D eigenvalue weighted by Crippen LogP contribution is -2.56. The highest BCUT2D eigenvalue weighted by atomic mass is 16.7. The third-order valence-electron chi connectivity index (χ3n) is 5.49. The highest BCUT2D eigenvalue weighted by Crippen LogP contribution is 2.27. The molecule has 0 saturated carbocycles. The van der Waals surface area contributed by atoms with Gasteiger partial charge in [0.2, 0.25) is 0 Å². The molecule has 0 spiro atoms. The van der Waals surface area contributed by atoms with Crippen molar-refractivity contribution >= 4 is 0 Å². The lowest BCUT2D eigenvalue weighted by Gasteiger charge is -2.41. The fourth-order valence-corrected chi connectivity index (χ4v) is 3.78. The zero-order valence-corrected chi connectivity index (χ0v) is 18.3. The van der Waals surface area contributed by atoms with Gasteiger partial charge in [-0.2, -0.15) is 0 Å². The van der Waals surface area contributed by atoms with Crippen molar-refractivity contribution in [1.29, 1.82) is 0 Å². The fraction of sp³-hybridized carbons (Fsp3) is 0.333. The van der Waals surface area contributed by atoms with Crippen LogP contribution in [0.1, 0.15) is 16.7 Å². The molecule has 3 aromatic rings. The van der Waals surface area contributed by atoms with E-state index in [4.69, 9.17) is 23.7 Å². The maximum atomic E-state index is 6.39. The molecule has 32 heavy (non-hydrogen) atoms. The first-order chi connectivity index (χ1) is 15.8. The van der Waals surface area contributed by atoms with E-state index in [1.54, 1.807) is 7.11 Å². The molecule has 0 N–H and O–H groups in total. The third-order valence-corrected chi connectivity index (χ3v) is 5.49. The molecule has 1 unspecified atom stereocenters. The predicted octanol–water partition coefficient (Wildman–Crippen LogP) is 4.75. The van der Waals surface area contributed by atoms with E-state index in [0.29, 0.717) is 26.4 Å². The van der Waals surface area contributed by atoms with Crippen LogP contribution in [0.2, 0.25) is 0 Å². The Hall–Kier alpha value is -2.54. The number of methoxy groups -OCH3 is 1. The van der Waals surface area contributed by atoms with Crippen LogP contribution >= 0.6 is 0 Å². The van der Waals surface area contributed by atoms with Crippen LogP contribution in [0.3, 0.4) is 0 Å². The molecule has 1 heterocycles. The first-order valence-electron chi connectivity index (χ1n) is 10.9. The summed E-state index contributed by atoms with van der Waals surface area (Å²) < 4.78 is 30.5. The van der Waals surface area contributed by atoms with Crippen molar-refractivity contribution in [3.8, 4) is 0 Å². The van der Waals surface area contributed by atoms with Gasteiger partial charge in [-0.1, -0.05) is 91.0 Å². The van der Waals surface area contributed by atoms with Gasteiger partial charge in [-0.15, -0.1) is 0 Å². The second-order valence-corrected chi connectivity index (χ2v) is 7.79. The van der Waals surface area contributed by atoms with Gasteiger partial charge in [0, 0.05) is 7.11 Å². The van der Waals surface area contributed by atoms with Crippen LogP contribution in [-0.4, -0.2) is 38.3 Å². The van der Waals surface area contributed by atoms with Crippen molar-refractivity contribution in [2.75, 3.05) is 13.7 Å². The summed E-state index contributed by atoms with van der Waals surface area (Å²) in [5, 5.41) is 0. The van der Waals surface area contributed by atoms with Gasteiger partial charge in [-0.3, -0.25) is 0 Å². The smallest absolute Gasteiger partial charge is 0.186 e. The number of benzene rings is 3. The van der Waals surface area contributed by atoms with Gasteiger partial charge in [0.05, 0.1) is 26.4 Å². The summed E-state index contributed by atoms with van der Waals surface area (Å²) in [5.41, 5.74) is 3.28. The molecule has 5 nitrogen and oxygen atoms in total. The molecule has 4 atom stereocenters. The van der Waals surface area contributed by atoms with Crippen LogP contribution < -0.4 is 0 Å². The Labute approximate surface area is 189 Å².